The summed E-state index contributed by atoms with van der Waals surface area (Å²) in [5.41, 5.74) is 9.63. The van der Waals surface area contributed by atoms with Gasteiger partial charge in [-0.3, -0.25) is 10.00 Å². The number of hydrogen-bond acceptors (Lipinski definition) is 3. The van der Waals surface area contributed by atoms with Gasteiger partial charge in [-0.15, -0.1) is 12.4 Å². The number of hydrogen-bond donors (Lipinski definition) is 2. The Morgan fingerprint density at radius 1 is 1.30 bits per heavy atom. The molecule has 1 saturated heterocycles. The molecule has 1 aliphatic rings. The van der Waals surface area contributed by atoms with Gasteiger partial charge in [0.1, 0.15) is 0 Å². The van der Waals surface area contributed by atoms with E-state index < -0.39 is 0 Å². The van der Waals surface area contributed by atoms with E-state index in [1.165, 1.54) is 11.1 Å². The van der Waals surface area contributed by atoms with E-state index in [2.05, 4.69) is 34.2 Å². The second-order valence-electron chi connectivity index (χ2n) is 5.47. The number of likely N-dealkylation sites (tertiary alicyclic amines) is 1. The number of rotatable bonds is 3. The molecule has 2 aromatic rings. The standard InChI is InChI=1S/C15H20N4.ClH/c1-11-8-19(10-14(11)16)9-13-7-17-18-15(13)12-5-3-2-4-6-12;/h2-7,11,14H,8-10,16H2,1H3,(H,17,18);1H. The highest BCUT2D eigenvalue weighted by Crippen LogP contribution is 2.24. The zero-order chi connectivity index (χ0) is 13.2. The monoisotopic (exact) mass is 292 g/mol. The van der Waals surface area contributed by atoms with Crippen molar-refractivity contribution in [2.24, 2.45) is 11.7 Å². The first-order valence-corrected chi connectivity index (χ1v) is 6.79. The molecule has 0 bridgehead atoms. The Kier molecular flexibility index (Phi) is 4.81. The Balaban J connectivity index is 0.00000147. The molecule has 108 valence electrons. The van der Waals surface area contributed by atoms with Gasteiger partial charge in [0.15, 0.2) is 0 Å². The summed E-state index contributed by atoms with van der Waals surface area (Å²) in [6.07, 6.45) is 1.93. The zero-order valence-corrected chi connectivity index (χ0v) is 12.4. The van der Waals surface area contributed by atoms with Gasteiger partial charge in [0.05, 0.1) is 11.9 Å². The molecule has 20 heavy (non-hydrogen) atoms. The third kappa shape index (κ3) is 3.03. The van der Waals surface area contributed by atoms with Crippen molar-refractivity contribution in [2.75, 3.05) is 13.1 Å². The molecule has 1 aromatic carbocycles. The van der Waals surface area contributed by atoms with E-state index in [1.54, 1.807) is 0 Å². The van der Waals surface area contributed by atoms with Gasteiger partial charge in [-0.05, 0) is 11.5 Å². The molecule has 1 aromatic heterocycles. The van der Waals surface area contributed by atoms with Crippen LogP contribution in [0.15, 0.2) is 36.5 Å². The molecule has 4 nitrogen and oxygen atoms in total. The Morgan fingerprint density at radius 3 is 2.70 bits per heavy atom. The van der Waals surface area contributed by atoms with Crippen LogP contribution in [0.5, 0.6) is 0 Å². The molecule has 1 fully saturated rings. The number of nitrogens with zero attached hydrogens (tertiary/aromatic N) is 2. The molecule has 2 heterocycles. The summed E-state index contributed by atoms with van der Waals surface area (Å²) in [6, 6.07) is 10.6. The third-order valence-electron chi connectivity index (χ3n) is 3.92. The molecule has 5 heteroatoms. The number of aromatic amines is 1. The average Bonchev–Trinajstić information content (AvgIpc) is 2.99. The molecule has 3 N–H and O–H groups in total. The predicted molar refractivity (Wildman–Crippen MR) is 83.7 cm³/mol. The first-order chi connectivity index (χ1) is 9.24. The second kappa shape index (κ2) is 6.39. The van der Waals surface area contributed by atoms with E-state index in [4.69, 9.17) is 5.73 Å². The van der Waals surface area contributed by atoms with Crippen LogP contribution >= 0.6 is 12.4 Å². The number of benzene rings is 1. The number of halogens is 1. The maximum atomic E-state index is 6.08. The Labute approximate surface area is 125 Å². The summed E-state index contributed by atoms with van der Waals surface area (Å²) in [5.74, 6) is 0.576. The van der Waals surface area contributed by atoms with Crippen molar-refractivity contribution in [1.29, 1.82) is 0 Å². The van der Waals surface area contributed by atoms with Crippen LogP contribution in [0, 0.1) is 5.92 Å². The van der Waals surface area contributed by atoms with Crippen LogP contribution in [0.1, 0.15) is 12.5 Å². The topological polar surface area (TPSA) is 57.9 Å². The second-order valence-corrected chi connectivity index (χ2v) is 5.47. The molecule has 0 radical (unpaired) electrons. The van der Waals surface area contributed by atoms with E-state index in [0.29, 0.717) is 12.0 Å². The first kappa shape index (κ1) is 15.0. The van der Waals surface area contributed by atoms with E-state index in [1.807, 2.05) is 24.4 Å². The largest absolute Gasteiger partial charge is 0.326 e. The molecular weight excluding hydrogens is 272 g/mol. The maximum Gasteiger partial charge on any atom is 0.0695 e. The van der Waals surface area contributed by atoms with Crippen LogP contribution < -0.4 is 5.73 Å². The normalized spacial score (nSPS) is 22.7. The average molecular weight is 293 g/mol. The highest BCUT2D eigenvalue weighted by molar-refractivity contribution is 5.85. The van der Waals surface area contributed by atoms with Crippen molar-refractivity contribution >= 4 is 12.4 Å². The summed E-state index contributed by atoms with van der Waals surface area (Å²) in [6.45, 7) is 5.18. The van der Waals surface area contributed by atoms with Crippen molar-refractivity contribution in [1.82, 2.24) is 15.1 Å². The summed E-state index contributed by atoms with van der Waals surface area (Å²) in [5, 5.41) is 7.31. The Bertz CT molecular complexity index is 530. The minimum atomic E-state index is 0. The molecule has 0 amide bonds. The lowest BCUT2D eigenvalue weighted by atomic mass is 10.1. The van der Waals surface area contributed by atoms with Crippen LogP contribution in [0.2, 0.25) is 0 Å². The van der Waals surface area contributed by atoms with Gasteiger partial charge in [-0.25, -0.2) is 0 Å². The molecule has 1 aliphatic heterocycles. The fourth-order valence-corrected chi connectivity index (χ4v) is 2.75. The van der Waals surface area contributed by atoms with Crippen molar-refractivity contribution in [3.63, 3.8) is 0 Å². The van der Waals surface area contributed by atoms with Crippen LogP contribution in [0.25, 0.3) is 11.3 Å². The lowest BCUT2D eigenvalue weighted by molar-refractivity contribution is 0.319. The molecular formula is C15H21ClN4. The van der Waals surface area contributed by atoms with Crippen LogP contribution in [-0.4, -0.2) is 34.2 Å². The van der Waals surface area contributed by atoms with E-state index >= 15 is 0 Å². The summed E-state index contributed by atoms with van der Waals surface area (Å²) in [7, 11) is 0. The quantitative estimate of drug-likeness (QED) is 0.912. The van der Waals surface area contributed by atoms with Crippen molar-refractivity contribution in [3.05, 3.63) is 42.1 Å². The highest BCUT2D eigenvalue weighted by Gasteiger charge is 2.27. The van der Waals surface area contributed by atoms with Gasteiger partial charge >= 0.3 is 0 Å². The molecule has 2 unspecified atom stereocenters. The number of nitrogens with one attached hydrogen (secondary N) is 1. The summed E-state index contributed by atoms with van der Waals surface area (Å²) < 4.78 is 0. The van der Waals surface area contributed by atoms with E-state index in [9.17, 15) is 0 Å². The fourth-order valence-electron chi connectivity index (χ4n) is 2.75. The lowest BCUT2D eigenvalue weighted by Gasteiger charge is -2.15. The predicted octanol–water partition coefficient (Wildman–Crippen LogP) is 2.28. The van der Waals surface area contributed by atoms with Crippen LogP contribution in [0.4, 0.5) is 0 Å². The summed E-state index contributed by atoms with van der Waals surface area (Å²) in [4.78, 5) is 2.41. The minimum absolute atomic E-state index is 0. The lowest BCUT2D eigenvalue weighted by Crippen LogP contribution is -2.28. The first-order valence-electron chi connectivity index (χ1n) is 6.79. The smallest absolute Gasteiger partial charge is 0.0695 e. The number of H-pyrrole nitrogens is 1. The minimum Gasteiger partial charge on any atom is -0.326 e. The van der Waals surface area contributed by atoms with Gasteiger partial charge in [0.2, 0.25) is 0 Å². The van der Waals surface area contributed by atoms with Crippen molar-refractivity contribution < 1.29 is 0 Å². The van der Waals surface area contributed by atoms with E-state index in [0.717, 1.165) is 25.3 Å². The number of nitrogens with two attached hydrogens (primary N) is 1. The SMILES string of the molecule is CC1CN(Cc2cn[nH]c2-c2ccccc2)CC1N.Cl. The van der Waals surface area contributed by atoms with Crippen molar-refractivity contribution in [3.8, 4) is 11.3 Å². The van der Waals surface area contributed by atoms with Gasteiger partial charge in [-0.2, -0.15) is 5.10 Å². The van der Waals surface area contributed by atoms with Gasteiger partial charge < -0.3 is 5.73 Å². The van der Waals surface area contributed by atoms with Gasteiger partial charge in [-0.1, -0.05) is 37.3 Å². The molecule has 0 saturated carbocycles. The van der Waals surface area contributed by atoms with Gasteiger partial charge in [0.25, 0.3) is 0 Å². The molecule has 0 spiro atoms. The van der Waals surface area contributed by atoms with Crippen LogP contribution in [0.3, 0.4) is 0 Å². The third-order valence-corrected chi connectivity index (χ3v) is 3.92. The Morgan fingerprint density at radius 2 is 2.05 bits per heavy atom. The number of aromatic nitrogens is 2. The molecule has 0 aliphatic carbocycles. The fraction of sp³-hybridized carbons (Fsp3) is 0.400. The Hall–Kier alpha value is -1.36. The molecule has 2 atom stereocenters. The maximum absolute atomic E-state index is 6.08. The van der Waals surface area contributed by atoms with Crippen molar-refractivity contribution in [2.45, 2.75) is 19.5 Å². The van der Waals surface area contributed by atoms with Gasteiger partial charge in [0, 0.05) is 31.2 Å². The zero-order valence-electron chi connectivity index (χ0n) is 11.6. The van der Waals surface area contributed by atoms with E-state index in [-0.39, 0.29) is 12.4 Å². The summed E-state index contributed by atoms with van der Waals surface area (Å²) >= 11 is 0. The molecule has 3 rings (SSSR count). The highest BCUT2D eigenvalue weighted by atomic mass is 35.5. The van der Waals surface area contributed by atoms with Crippen LogP contribution in [-0.2, 0) is 6.54 Å².